The lowest BCUT2D eigenvalue weighted by molar-refractivity contribution is 0.0741. The summed E-state index contributed by atoms with van der Waals surface area (Å²) in [4.78, 5) is 14.8. The molecule has 1 atom stereocenters. The second-order valence-corrected chi connectivity index (χ2v) is 5.86. The molecule has 1 aliphatic rings. The number of hydrogen-bond donors (Lipinski definition) is 1. The van der Waals surface area contributed by atoms with Gasteiger partial charge in [0.2, 0.25) is 0 Å². The molecule has 0 saturated heterocycles. The summed E-state index contributed by atoms with van der Waals surface area (Å²) >= 11 is 0. The van der Waals surface area contributed by atoms with Crippen LogP contribution in [-0.4, -0.2) is 24.4 Å². The van der Waals surface area contributed by atoms with Crippen LogP contribution in [0, 0.1) is 0 Å². The zero-order valence-electron chi connectivity index (χ0n) is 13.2. The normalized spacial score (nSPS) is 14.6. The van der Waals surface area contributed by atoms with Crippen molar-refractivity contribution in [2.24, 2.45) is 0 Å². The van der Waals surface area contributed by atoms with E-state index in [1.165, 1.54) is 0 Å². The highest BCUT2D eigenvalue weighted by Gasteiger charge is 2.23. The summed E-state index contributed by atoms with van der Waals surface area (Å²) in [6.07, 6.45) is 2.05. The van der Waals surface area contributed by atoms with Crippen molar-refractivity contribution >= 4 is 11.6 Å². The van der Waals surface area contributed by atoms with Gasteiger partial charge in [-0.1, -0.05) is 36.4 Å². The topological polar surface area (TPSA) is 32.3 Å². The van der Waals surface area contributed by atoms with Gasteiger partial charge in [-0.15, -0.1) is 0 Å². The average Bonchev–Trinajstić information content (AvgIpc) is 2.60. The fraction of sp³-hybridized carbons (Fsp3) is 0.316. The van der Waals surface area contributed by atoms with Gasteiger partial charge >= 0.3 is 0 Å². The van der Waals surface area contributed by atoms with Gasteiger partial charge in [-0.3, -0.25) is 4.79 Å². The Balaban J connectivity index is 1.88. The number of benzene rings is 2. The van der Waals surface area contributed by atoms with E-state index >= 15 is 0 Å². The summed E-state index contributed by atoms with van der Waals surface area (Å²) in [7, 11) is 1.88. The zero-order chi connectivity index (χ0) is 15.5. The van der Waals surface area contributed by atoms with E-state index in [9.17, 15) is 4.79 Å². The minimum Gasteiger partial charge on any atom is -0.385 e. The molecular formula is C19H22N2O. The number of nitrogens with zero attached hydrogens (tertiary/aromatic N) is 1. The third-order valence-electron chi connectivity index (χ3n) is 4.51. The molecule has 1 N–H and O–H groups in total. The Labute approximate surface area is 132 Å². The van der Waals surface area contributed by atoms with Crippen LogP contribution in [0.25, 0.3) is 0 Å². The van der Waals surface area contributed by atoms with Crippen LogP contribution >= 0.6 is 0 Å². The van der Waals surface area contributed by atoms with Crippen molar-refractivity contribution in [2.75, 3.05) is 18.9 Å². The van der Waals surface area contributed by atoms with Crippen LogP contribution in [0.4, 0.5) is 5.69 Å². The molecule has 22 heavy (non-hydrogen) atoms. The molecule has 0 bridgehead atoms. The smallest absolute Gasteiger partial charge is 0.254 e. The van der Waals surface area contributed by atoms with Crippen LogP contribution in [0.15, 0.2) is 48.5 Å². The second kappa shape index (κ2) is 6.22. The first-order valence-electron chi connectivity index (χ1n) is 7.86. The Morgan fingerprint density at radius 3 is 2.68 bits per heavy atom. The molecule has 114 valence electrons. The molecule has 2 aromatic rings. The first-order valence-corrected chi connectivity index (χ1v) is 7.86. The van der Waals surface area contributed by atoms with Crippen LogP contribution in [-0.2, 0) is 6.42 Å². The molecule has 0 fully saturated rings. The van der Waals surface area contributed by atoms with Gasteiger partial charge in [0.25, 0.3) is 5.91 Å². The van der Waals surface area contributed by atoms with Crippen LogP contribution in [0.5, 0.6) is 0 Å². The van der Waals surface area contributed by atoms with Crippen LogP contribution in [0.2, 0.25) is 0 Å². The maximum absolute atomic E-state index is 12.9. The predicted octanol–water partition coefficient (Wildman–Crippen LogP) is 3.88. The molecular weight excluding hydrogens is 272 g/mol. The van der Waals surface area contributed by atoms with Gasteiger partial charge in [-0.2, -0.15) is 0 Å². The summed E-state index contributed by atoms with van der Waals surface area (Å²) in [6, 6.07) is 16.2. The minimum absolute atomic E-state index is 0.0566. The van der Waals surface area contributed by atoms with Crippen LogP contribution in [0.1, 0.15) is 40.9 Å². The Morgan fingerprint density at radius 2 is 1.91 bits per heavy atom. The quantitative estimate of drug-likeness (QED) is 0.931. The molecule has 1 aliphatic heterocycles. The van der Waals surface area contributed by atoms with Crippen LogP contribution in [0.3, 0.4) is 0 Å². The van der Waals surface area contributed by atoms with Crippen molar-refractivity contribution in [1.82, 2.24) is 4.90 Å². The van der Waals surface area contributed by atoms with Gasteiger partial charge in [0.15, 0.2) is 0 Å². The first kappa shape index (κ1) is 14.6. The van der Waals surface area contributed by atoms with E-state index in [1.54, 1.807) is 0 Å². The van der Waals surface area contributed by atoms with E-state index in [4.69, 9.17) is 0 Å². The largest absolute Gasteiger partial charge is 0.385 e. The van der Waals surface area contributed by atoms with Gasteiger partial charge in [0.05, 0.1) is 6.04 Å². The molecule has 3 nitrogen and oxygen atoms in total. The van der Waals surface area contributed by atoms with Crippen molar-refractivity contribution in [3.63, 3.8) is 0 Å². The van der Waals surface area contributed by atoms with E-state index < -0.39 is 0 Å². The number of hydrogen-bond acceptors (Lipinski definition) is 2. The lowest BCUT2D eigenvalue weighted by Gasteiger charge is -2.28. The number of carbonyl (C=O) groups excluding carboxylic acids is 1. The third kappa shape index (κ3) is 2.71. The number of rotatable bonds is 3. The highest BCUT2D eigenvalue weighted by Crippen LogP contribution is 2.28. The lowest BCUT2D eigenvalue weighted by atomic mass is 9.96. The molecule has 3 heteroatoms. The van der Waals surface area contributed by atoms with Crippen molar-refractivity contribution < 1.29 is 4.79 Å². The molecule has 0 radical (unpaired) electrons. The highest BCUT2D eigenvalue weighted by atomic mass is 16.2. The van der Waals surface area contributed by atoms with Gasteiger partial charge in [-0.05, 0) is 43.0 Å². The molecule has 0 aliphatic carbocycles. The molecule has 0 aromatic heterocycles. The standard InChI is InChI=1S/C19H22N2O/c1-14(15-8-4-3-5-9-15)21(2)19(22)17-10-6-12-18-16(17)11-7-13-20-18/h3-6,8-10,12,14,20H,7,11,13H2,1-2H3. The molecule has 2 aromatic carbocycles. The van der Waals surface area contributed by atoms with Crippen molar-refractivity contribution in [3.8, 4) is 0 Å². The molecule has 1 amide bonds. The fourth-order valence-electron chi connectivity index (χ4n) is 3.03. The molecule has 1 heterocycles. The highest BCUT2D eigenvalue weighted by molar-refractivity contribution is 5.97. The summed E-state index contributed by atoms with van der Waals surface area (Å²) in [5.41, 5.74) is 4.25. The van der Waals surface area contributed by atoms with E-state index in [2.05, 4.69) is 30.4 Å². The average molecular weight is 294 g/mol. The number of nitrogens with one attached hydrogen (secondary N) is 1. The van der Waals surface area contributed by atoms with Gasteiger partial charge in [0, 0.05) is 24.8 Å². The van der Waals surface area contributed by atoms with Gasteiger partial charge in [0.1, 0.15) is 0 Å². The van der Waals surface area contributed by atoms with Crippen LogP contribution < -0.4 is 5.32 Å². The predicted molar refractivity (Wildman–Crippen MR) is 90.2 cm³/mol. The first-order chi connectivity index (χ1) is 10.7. The summed E-state index contributed by atoms with van der Waals surface area (Å²) < 4.78 is 0. The summed E-state index contributed by atoms with van der Waals surface area (Å²) in [5, 5.41) is 3.39. The molecule has 0 spiro atoms. The van der Waals surface area contributed by atoms with Crippen molar-refractivity contribution in [2.45, 2.75) is 25.8 Å². The molecule has 0 saturated carbocycles. The Morgan fingerprint density at radius 1 is 1.14 bits per heavy atom. The monoisotopic (exact) mass is 294 g/mol. The second-order valence-electron chi connectivity index (χ2n) is 5.86. The van der Waals surface area contributed by atoms with E-state index in [-0.39, 0.29) is 11.9 Å². The Hall–Kier alpha value is -2.29. The maximum Gasteiger partial charge on any atom is 0.254 e. The fourth-order valence-corrected chi connectivity index (χ4v) is 3.03. The summed E-state index contributed by atoms with van der Waals surface area (Å²) in [6.45, 7) is 3.06. The number of fused-ring (bicyclic) bond motifs is 1. The van der Waals surface area contributed by atoms with Gasteiger partial charge < -0.3 is 10.2 Å². The maximum atomic E-state index is 12.9. The van der Waals surface area contributed by atoms with E-state index in [0.717, 1.165) is 41.8 Å². The summed E-state index contributed by atoms with van der Waals surface area (Å²) in [5.74, 6) is 0.0944. The van der Waals surface area contributed by atoms with Gasteiger partial charge in [-0.25, -0.2) is 0 Å². The Bertz CT molecular complexity index is 666. The van der Waals surface area contributed by atoms with E-state index in [1.807, 2.05) is 42.3 Å². The molecule has 3 rings (SSSR count). The SMILES string of the molecule is CC(c1ccccc1)N(C)C(=O)c1cccc2c1CCCN2. The van der Waals surface area contributed by atoms with Crippen molar-refractivity contribution in [1.29, 1.82) is 0 Å². The number of anilines is 1. The lowest BCUT2D eigenvalue weighted by Crippen LogP contribution is -2.31. The minimum atomic E-state index is 0.0566. The van der Waals surface area contributed by atoms with E-state index in [0.29, 0.717) is 0 Å². The number of carbonyl (C=O) groups is 1. The zero-order valence-corrected chi connectivity index (χ0v) is 13.2. The Kier molecular flexibility index (Phi) is 4.14. The third-order valence-corrected chi connectivity index (χ3v) is 4.51. The van der Waals surface area contributed by atoms with Crippen molar-refractivity contribution in [3.05, 3.63) is 65.2 Å². The molecule has 1 unspecified atom stereocenters. The number of amides is 1.